The molecule has 1 unspecified atom stereocenters. The highest BCUT2D eigenvalue weighted by atomic mass is 16.5. The summed E-state index contributed by atoms with van der Waals surface area (Å²) < 4.78 is 4.82. The van der Waals surface area contributed by atoms with Gasteiger partial charge >= 0.3 is 0 Å². The van der Waals surface area contributed by atoms with Crippen LogP contribution in [0.25, 0.3) is 0 Å². The molecular weight excluding hydrogens is 142 g/mol. The van der Waals surface area contributed by atoms with Gasteiger partial charge < -0.3 is 9.84 Å². The molecule has 0 saturated heterocycles. The number of β-amino-alcohol motifs (C(OH)–C–C–N with tert-alkyl or cyclic N) is 1. The highest BCUT2D eigenvalue weighted by molar-refractivity contribution is 4.95. The van der Waals surface area contributed by atoms with Crippen LogP contribution in [0, 0.1) is 0 Å². The van der Waals surface area contributed by atoms with Gasteiger partial charge in [-0.1, -0.05) is 12.2 Å². The summed E-state index contributed by atoms with van der Waals surface area (Å²) in [6, 6.07) is 0. The van der Waals surface area contributed by atoms with Gasteiger partial charge in [0.15, 0.2) is 0 Å². The summed E-state index contributed by atoms with van der Waals surface area (Å²) in [5.41, 5.74) is 0. The first kappa shape index (κ1) is 8.71. The van der Waals surface area contributed by atoms with Crippen LogP contribution in [0.15, 0.2) is 12.2 Å². The first-order chi connectivity index (χ1) is 5.33. The Labute approximate surface area is 67.3 Å². The number of rotatable bonds is 4. The van der Waals surface area contributed by atoms with Crippen molar-refractivity contribution in [2.45, 2.75) is 6.10 Å². The lowest BCUT2D eigenvalue weighted by Crippen LogP contribution is -2.32. The van der Waals surface area contributed by atoms with Crippen molar-refractivity contribution in [1.29, 1.82) is 0 Å². The summed E-state index contributed by atoms with van der Waals surface area (Å²) >= 11 is 0. The van der Waals surface area contributed by atoms with Crippen LogP contribution in [0.1, 0.15) is 0 Å². The second-order valence-electron chi connectivity index (χ2n) is 2.80. The zero-order chi connectivity index (χ0) is 8.10. The standard InChI is InChI=1S/C8H15NO2/c1-11-7-8(10)6-9-4-2-3-5-9/h2-3,8,10H,4-7H2,1H3. The lowest BCUT2D eigenvalue weighted by atomic mass is 10.3. The predicted octanol–water partition coefficient (Wildman–Crippen LogP) is -0.134. The highest BCUT2D eigenvalue weighted by Crippen LogP contribution is 1.99. The zero-order valence-electron chi connectivity index (χ0n) is 6.86. The van der Waals surface area contributed by atoms with Crippen LogP contribution in [0.2, 0.25) is 0 Å². The molecule has 0 aromatic rings. The molecule has 1 aliphatic heterocycles. The Kier molecular flexibility index (Phi) is 3.56. The monoisotopic (exact) mass is 157 g/mol. The number of aliphatic hydroxyl groups excluding tert-OH is 1. The highest BCUT2D eigenvalue weighted by Gasteiger charge is 2.11. The maximum absolute atomic E-state index is 9.32. The van der Waals surface area contributed by atoms with Gasteiger partial charge in [-0.05, 0) is 0 Å². The van der Waals surface area contributed by atoms with Gasteiger partial charge in [-0.15, -0.1) is 0 Å². The van der Waals surface area contributed by atoms with E-state index in [1.54, 1.807) is 7.11 Å². The molecule has 0 amide bonds. The summed E-state index contributed by atoms with van der Waals surface area (Å²) in [4.78, 5) is 2.17. The van der Waals surface area contributed by atoms with Crippen molar-refractivity contribution < 1.29 is 9.84 Å². The van der Waals surface area contributed by atoms with Crippen LogP contribution >= 0.6 is 0 Å². The number of hydrogen-bond donors (Lipinski definition) is 1. The first-order valence-electron chi connectivity index (χ1n) is 3.87. The van der Waals surface area contributed by atoms with Crippen molar-refractivity contribution in [1.82, 2.24) is 4.90 Å². The van der Waals surface area contributed by atoms with Gasteiger partial charge in [-0.3, -0.25) is 4.90 Å². The molecule has 1 aliphatic rings. The molecule has 3 heteroatoms. The van der Waals surface area contributed by atoms with Crippen molar-refractivity contribution in [2.24, 2.45) is 0 Å². The fourth-order valence-electron chi connectivity index (χ4n) is 1.21. The van der Waals surface area contributed by atoms with E-state index in [2.05, 4.69) is 17.1 Å². The number of methoxy groups -OCH3 is 1. The van der Waals surface area contributed by atoms with Crippen LogP contribution in [-0.2, 0) is 4.74 Å². The zero-order valence-corrected chi connectivity index (χ0v) is 6.86. The van der Waals surface area contributed by atoms with E-state index in [0.29, 0.717) is 13.2 Å². The van der Waals surface area contributed by atoms with Crippen molar-refractivity contribution in [3.05, 3.63) is 12.2 Å². The lowest BCUT2D eigenvalue weighted by Gasteiger charge is -2.18. The Bertz CT molecular complexity index is 128. The van der Waals surface area contributed by atoms with Gasteiger partial charge in [-0.2, -0.15) is 0 Å². The van der Waals surface area contributed by atoms with Crippen molar-refractivity contribution in [3.8, 4) is 0 Å². The Morgan fingerprint density at radius 1 is 1.55 bits per heavy atom. The lowest BCUT2D eigenvalue weighted by molar-refractivity contribution is 0.0439. The Morgan fingerprint density at radius 2 is 2.18 bits per heavy atom. The molecule has 0 aromatic heterocycles. The SMILES string of the molecule is COCC(O)CN1CC=CC1. The molecule has 0 radical (unpaired) electrons. The average molecular weight is 157 g/mol. The van der Waals surface area contributed by atoms with Gasteiger partial charge in [0.25, 0.3) is 0 Å². The number of aliphatic hydroxyl groups is 1. The van der Waals surface area contributed by atoms with E-state index >= 15 is 0 Å². The van der Waals surface area contributed by atoms with E-state index in [1.165, 1.54) is 0 Å². The minimum absolute atomic E-state index is 0.347. The third-order valence-corrected chi connectivity index (χ3v) is 1.72. The van der Waals surface area contributed by atoms with Crippen molar-refractivity contribution in [2.75, 3.05) is 33.4 Å². The van der Waals surface area contributed by atoms with E-state index in [-0.39, 0.29) is 6.10 Å². The Morgan fingerprint density at radius 3 is 2.73 bits per heavy atom. The minimum atomic E-state index is -0.347. The summed E-state index contributed by atoms with van der Waals surface area (Å²) in [5.74, 6) is 0. The molecule has 0 aromatic carbocycles. The number of ether oxygens (including phenoxy) is 1. The average Bonchev–Trinajstić information content (AvgIpc) is 2.40. The number of hydrogen-bond acceptors (Lipinski definition) is 3. The van der Waals surface area contributed by atoms with Crippen LogP contribution in [0.4, 0.5) is 0 Å². The molecule has 1 heterocycles. The molecule has 1 N–H and O–H groups in total. The van der Waals surface area contributed by atoms with E-state index in [0.717, 1.165) is 13.1 Å². The second-order valence-corrected chi connectivity index (χ2v) is 2.80. The van der Waals surface area contributed by atoms with Crippen LogP contribution < -0.4 is 0 Å². The molecule has 1 atom stereocenters. The molecule has 11 heavy (non-hydrogen) atoms. The van der Waals surface area contributed by atoms with Gasteiger partial charge in [0.05, 0.1) is 12.7 Å². The Hall–Kier alpha value is -0.380. The third kappa shape index (κ3) is 3.01. The van der Waals surface area contributed by atoms with Crippen molar-refractivity contribution >= 4 is 0 Å². The fraction of sp³-hybridized carbons (Fsp3) is 0.750. The molecule has 0 bridgehead atoms. The smallest absolute Gasteiger partial charge is 0.0900 e. The summed E-state index contributed by atoms with van der Waals surface area (Å²) in [5, 5.41) is 9.32. The molecule has 0 fully saturated rings. The summed E-state index contributed by atoms with van der Waals surface area (Å²) in [6.07, 6.45) is 3.87. The minimum Gasteiger partial charge on any atom is -0.389 e. The van der Waals surface area contributed by atoms with E-state index in [9.17, 15) is 5.11 Å². The second kappa shape index (κ2) is 4.49. The van der Waals surface area contributed by atoms with Crippen LogP contribution in [0.3, 0.4) is 0 Å². The molecule has 0 saturated carbocycles. The topological polar surface area (TPSA) is 32.7 Å². The van der Waals surface area contributed by atoms with Crippen molar-refractivity contribution in [3.63, 3.8) is 0 Å². The van der Waals surface area contributed by atoms with Gasteiger partial charge in [0, 0.05) is 26.7 Å². The largest absolute Gasteiger partial charge is 0.389 e. The quantitative estimate of drug-likeness (QED) is 0.577. The van der Waals surface area contributed by atoms with Gasteiger partial charge in [0.1, 0.15) is 0 Å². The molecule has 0 aliphatic carbocycles. The summed E-state index contributed by atoms with van der Waals surface area (Å²) in [7, 11) is 1.60. The third-order valence-electron chi connectivity index (χ3n) is 1.72. The van der Waals surface area contributed by atoms with E-state index in [4.69, 9.17) is 4.74 Å². The molecule has 3 nitrogen and oxygen atoms in total. The van der Waals surface area contributed by atoms with E-state index < -0.39 is 0 Å². The molecule has 1 rings (SSSR count). The molecule has 64 valence electrons. The predicted molar refractivity (Wildman–Crippen MR) is 43.5 cm³/mol. The van der Waals surface area contributed by atoms with Gasteiger partial charge in [0.2, 0.25) is 0 Å². The maximum atomic E-state index is 9.32. The molecule has 0 spiro atoms. The van der Waals surface area contributed by atoms with Crippen LogP contribution in [-0.4, -0.2) is 49.5 Å². The van der Waals surface area contributed by atoms with Gasteiger partial charge in [-0.25, -0.2) is 0 Å². The van der Waals surface area contributed by atoms with Crippen LogP contribution in [0.5, 0.6) is 0 Å². The normalized spacial score (nSPS) is 20.9. The molecular formula is C8H15NO2. The number of nitrogens with zero attached hydrogens (tertiary/aromatic N) is 1. The maximum Gasteiger partial charge on any atom is 0.0900 e. The summed E-state index contributed by atoms with van der Waals surface area (Å²) in [6.45, 7) is 3.05. The first-order valence-corrected chi connectivity index (χ1v) is 3.87. The fourth-order valence-corrected chi connectivity index (χ4v) is 1.21. The Balaban J connectivity index is 2.09. The van der Waals surface area contributed by atoms with E-state index in [1.807, 2.05) is 0 Å².